The van der Waals surface area contributed by atoms with E-state index in [1.165, 1.54) is 0 Å². The summed E-state index contributed by atoms with van der Waals surface area (Å²) in [4.78, 5) is 32.6. The Morgan fingerprint density at radius 3 is 2.74 bits per heavy atom. The molecule has 1 unspecified atom stereocenters. The minimum absolute atomic E-state index is 0.0229. The summed E-state index contributed by atoms with van der Waals surface area (Å²) < 4.78 is 18.8. The highest BCUT2D eigenvalue weighted by atomic mass is 16.5. The Morgan fingerprint density at radius 2 is 2.00 bits per heavy atom. The molecule has 2 N–H and O–H groups in total. The Bertz CT molecular complexity index is 1300. The second kappa shape index (κ2) is 12.2. The molecule has 1 saturated heterocycles. The summed E-state index contributed by atoms with van der Waals surface area (Å²) >= 11 is 0. The van der Waals surface area contributed by atoms with Crippen LogP contribution < -0.4 is 10.9 Å². The lowest BCUT2D eigenvalue weighted by atomic mass is 10.00. The molecule has 9 nitrogen and oxygen atoms in total. The number of aryl methyl sites for hydroxylation is 1. The number of imidazole rings is 1. The van der Waals surface area contributed by atoms with E-state index in [-0.39, 0.29) is 24.2 Å². The lowest BCUT2D eigenvalue weighted by Gasteiger charge is -2.23. The lowest BCUT2D eigenvalue weighted by molar-refractivity contribution is -0.152. The van der Waals surface area contributed by atoms with Gasteiger partial charge >= 0.3 is 5.97 Å². The monoisotopic (exact) mass is 522 g/mol. The molecule has 1 atom stereocenters. The Hall–Kier alpha value is -3.01. The molecule has 0 spiro atoms. The van der Waals surface area contributed by atoms with Gasteiger partial charge in [0.25, 0.3) is 5.56 Å². The van der Waals surface area contributed by atoms with Crippen molar-refractivity contribution in [1.29, 1.82) is 0 Å². The summed E-state index contributed by atoms with van der Waals surface area (Å²) in [6.45, 7) is 4.96. The number of fused-ring (bicyclic) bond motifs is 1. The van der Waals surface area contributed by atoms with Crippen LogP contribution in [-0.2, 0) is 32.1 Å². The first-order chi connectivity index (χ1) is 18.5. The number of nitrogens with one attached hydrogen (secondary N) is 2. The van der Waals surface area contributed by atoms with Gasteiger partial charge in [0, 0.05) is 50.7 Å². The second-order valence-corrected chi connectivity index (χ2v) is 10.6. The van der Waals surface area contributed by atoms with Gasteiger partial charge < -0.3 is 23.8 Å². The molecule has 0 radical (unpaired) electrons. The summed E-state index contributed by atoms with van der Waals surface area (Å²) in [6, 6.07) is 7.61. The smallest absolute Gasteiger partial charge is 0.325 e. The number of pyridine rings is 1. The zero-order valence-electron chi connectivity index (χ0n) is 22.3. The Balaban J connectivity index is 1.38. The van der Waals surface area contributed by atoms with Crippen LogP contribution in [0.5, 0.6) is 0 Å². The van der Waals surface area contributed by atoms with Gasteiger partial charge in [0.2, 0.25) is 0 Å². The Labute approximate surface area is 222 Å². The molecule has 38 heavy (non-hydrogen) atoms. The van der Waals surface area contributed by atoms with Crippen LogP contribution >= 0.6 is 0 Å². The number of esters is 1. The third-order valence-electron chi connectivity index (χ3n) is 7.70. The van der Waals surface area contributed by atoms with Gasteiger partial charge in [-0.2, -0.15) is 0 Å². The van der Waals surface area contributed by atoms with Crippen molar-refractivity contribution in [3.8, 4) is 11.4 Å². The van der Waals surface area contributed by atoms with Crippen molar-refractivity contribution in [2.24, 2.45) is 5.92 Å². The molecule has 3 aromatic rings. The van der Waals surface area contributed by atoms with Crippen LogP contribution in [0.3, 0.4) is 0 Å². The number of rotatable bonds is 10. The second-order valence-electron chi connectivity index (χ2n) is 10.6. The molecule has 2 aliphatic rings. The minimum Gasteiger partial charge on any atom is -0.461 e. The van der Waals surface area contributed by atoms with Crippen LogP contribution in [0.2, 0.25) is 0 Å². The van der Waals surface area contributed by atoms with Crippen LogP contribution in [0.25, 0.3) is 22.4 Å². The van der Waals surface area contributed by atoms with Crippen LogP contribution in [0.1, 0.15) is 49.7 Å². The van der Waals surface area contributed by atoms with E-state index >= 15 is 0 Å². The van der Waals surface area contributed by atoms with Crippen molar-refractivity contribution in [2.45, 2.75) is 70.7 Å². The van der Waals surface area contributed by atoms with Gasteiger partial charge in [0.05, 0.1) is 17.6 Å². The Morgan fingerprint density at radius 1 is 1.21 bits per heavy atom. The molecule has 1 aliphatic heterocycles. The van der Waals surface area contributed by atoms with Gasteiger partial charge in [0.15, 0.2) is 0 Å². The number of H-pyrrole nitrogens is 1. The molecular formula is C29H38N4O5. The summed E-state index contributed by atoms with van der Waals surface area (Å²) in [5, 5.41) is 3.32. The number of carbonyl (C=O) groups excluding carboxylic acids is 1. The average molecular weight is 523 g/mol. The lowest BCUT2D eigenvalue weighted by Crippen LogP contribution is -2.42. The summed E-state index contributed by atoms with van der Waals surface area (Å²) in [5.41, 5.74) is 4.41. The number of methoxy groups -OCH3 is 1. The maximum Gasteiger partial charge on any atom is 0.325 e. The van der Waals surface area contributed by atoms with Gasteiger partial charge in [-0.1, -0.05) is 6.07 Å². The molecule has 9 heteroatoms. The van der Waals surface area contributed by atoms with Gasteiger partial charge in [-0.25, -0.2) is 4.98 Å². The SMILES string of the molecule is COCC(NCc1ccc2c(c1)nc(-c1c[nH]c(=O)c(C)c1)n2CC1CCOCC1)C(=O)OC1CCCC1. The van der Waals surface area contributed by atoms with E-state index in [9.17, 15) is 9.59 Å². The molecular weight excluding hydrogens is 484 g/mol. The van der Waals surface area contributed by atoms with Crippen molar-refractivity contribution >= 4 is 17.0 Å². The highest BCUT2D eigenvalue weighted by Gasteiger charge is 2.26. The zero-order valence-corrected chi connectivity index (χ0v) is 22.3. The van der Waals surface area contributed by atoms with Crippen molar-refractivity contribution < 1.29 is 19.0 Å². The fraction of sp³-hybridized carbons (Fsp3) is 0.552. The van der Waals surface area contributed by atoms with E-state index in [4.69, 9.17) is 19.2 Å². The number of ether oxygens (including phenoxy) is 3. The topological polar surface area (TPSA) is 107 Å². The van der Waals surface area contributed by atoms with Crippen molar-refractivity contribution in [3.63, 3.8) is 0 Å². The predicted octanol–water partition coefficient (Wildman–Crippen LogP) is 3.72. The quantitative estimate of drug-likeness (QED) is 0.391. The van der Waals surface area contributed by atoms with E-state index in [0.717, 1.165) is 86.3 Å². The molecule has 1 saturated carbocycles. The van der Waals surface area contributed by atoms with E-state index in [1.807, 2.05) is 13.0 Å². The fourth-order valence-corrected chi connectivity index (χ4v) is 5.48. The molecule has 2 aromatic heterocycles. The molecule has 0 bridgehead atoms. The van der Waals surface area contributed by atoms with Gasteiger partial charge in [-0.15, -0.1) is 0 Å². The highest BCUT2D eigenvalue weighted by Crippen LogP contribution is 2.29. The van der Waals surface area contributed by atoms with Crippen LogP contribution in [0.4, 0.5) is 0 Å². The molecule has 0 amide bonds. The van der Waals surface area contributed by atoms with Gasteiger partial charge in [-0.3, -0.25) is 14.9 Å². The van der Waals surface area contributed by atoms with E-state index in [2.05, 4.69) is 33.1 Å². The standard InChI is InChI=1S/C29H38N4O5/c1-19-13-22(16-31-28(19)34)27-32-24-14-21(7-8-26(24)33(27)17-20-9-11-37-12-10-20)15-30-25(18-36-2)29(35)38-23-5-3-4-6-23/h7-8,13-14,16,20,23,25,30H,3-6,9-12,15,17-18H2,1-2H3,(H,31,34). The predicted molar refractivity (Wildman–Crippen MR) is 145 cm³/mol. The number of hydrogen-bond donors (Lipinski definition) is 2. The number of nitrogens with zero attached hydrogens (tertiary/aromatic N) is 2. The molecule has 3 heterocycles. The summed E-state index contributed by atoms with van der Waals surface area (Å²) in [6.07, 6.45) is 7.91. The Kier molecular flexibility index (Phi) is 8.56. The summed E-state index contributed by atoms with van der Waals surface area (Å²) in [7, 11) is 1.59. The van der Waals surface area contributed by atoms with Crippen molar-refractivity contribution in [1.82, 2.24) is 19.9 Å². The van der Waals surface area contributed by atoms with Gasteiger partial charge in [0.1, 0.15) is 18.0 Å². The highest BCUT2D eigenvalue weighted by molar-refractivity contribution is 5.81. The largest absolute Gasteiger partial charge is 0.461 e. The number of carbonyl (C=O) groups is 1. The molecule has 5 rings (SSSR count). The average Bonchev–Trinajstić information content (AvgIpc) is 3.56. The van der Waals surface area contributed by atoms with Gasteiger partial charge in [-0.05, 0) is 75.1 Å². The maximum absolute atomic E-state index is 12.8. The van der Waals surface area contributed by atoms with Crippen LogP contribution in [0, 0.1) is 12.8 Å². The number of benzene rings is 1. The summed E-state index contributed by atoms with van der Waals surface area (Å²) in [5.74, 6) is 1.09. The van der Waals surface area contributed by atoms with Crippen molar-refractivity contribution in [3.05, 3.63) is 51.9 Å². The number of aromatic amines is 1. The minimum atomic E-state index is -0.526. The zero-order chi connectivity index (χ0) is 26.5. The first kappa shape index (κ1) is 26.6. The maximum atomic E-state index is 12.8. The normalized spacial score (nSPS) is 17.7. The number of aromatic nitrogens is 3. The molecule has 1 aromatic carbocycles. The van der Waals surface area contributed by atoms with Crippen LogP contribution in [-0.4, -0.2) is 59.6 Å². The van der Waals surface area contributed by atoms with E-state index in [0.29, 0.717) is 18.0 Å². The van der Waals surface area contributed by atoms with E-state index in [1.54, 1.807) is 13.3 Å². The third-order valence-corrected chi connectivity index (χ3v) is 7.70. The molecule has 1 aliphatic carbocycles. The van der Waals surface area contributed by atoms with E-state index < -0.39 is 6.04 Å². The molecule has 204 valence electrons. The van der Waals surface area contributed by atoms with Crippen molar-refractivity contribution in [2.75, 3.05) is 26.9 Å². The number of hydrogen-bond acceptors (Lipinski definition) is 7. The fourth-order valence-electron chi connectivity index (χ4n) is 5.48. The first-order valence-electron chi connectivity index (χ1n) is 13.7. The first-order valence-corrected chi connectivity index (χ1v) is 13.7. The third kappa shape index (κ3) is 6.17. The molecule has 2 fully saturated rings. The van der Waals surface area contributed by atoms with Crippen LogP contribution in [0.15, 0.2) is 35.3 Å².